The van der Waals surface area contributed by atoms with Crippen molar-refractivity contribution in [2.45, 2.75) is 33.3 Å². The molecule has 0 aliphatic heterocycles. The van der Waals surface area contributed by atoms with Crippen LogP contribution >= 0.6 is 0 Å². The third-order valence-corrected chi connectivity index (χ3v) is 4.31. The van der Waals surface area contributed by atoms with Gasteiger partial charge in [0.2, 0.25) is 0 Å². The molecule has 3 aromatic carbocycles. The predicted octanol–water partition coefficient (Wildman–Crippen LogP) is 5.25. The van der Waals surface area contributed by atoms with Crippen LogP contribution in [-0.2, 0) is 4.79 Å². The molecule has 0 unspecified atom stereocenters. The van der Waals surface area contributed by atoms with Crippen LogP contribution < -0.4 is 10.1 Å². The molecule has 0 radical (unpaired) electrons. The van der Waals surface area contributed by atoms with Gasteiger partial charge in [-0.1, -0.05) is 61.0 Å². The van der Waals surface area contributed by atoms with Crippen molar-refractivity contribution in [3.63, 3.8) is 0 Å². The van der Waals surface area contributed by atoms with E-state index in [0.29, 0.717) is 6.42 Å². The molecule has 0 saturated carbocycles. The van der Waals surface area contributed by atoms with Gasteiger partial charge in [0.25, 0.3) is 5.91 Å². The molecular formula is C22H23NO2. The molecular weight excluding hydrogens is 310 g/mol. The zero-order valence-electron chi connectivity index (χ0n) is 14.9. The maximum atomic E-state index is 12.7. The summed E-state index contributed by atoms with van der Waals surface area (Å²) in [5.41, 5.74) is 3.03. The number of anilines is 1. The minimum atomic E-state index is -0.527. The van der Waals surface area contributed by atoms with E-state index in [4.69, 9.17) is 4.74 Å². The van der Waals surface area contributed by atoms with Crippen molar-refractivity contribution >= 4 is 22.4 Å². The summed E-state index contributed by atoms with van der Waals surface area (Å²) < 4.78 is 5.98. The summed E-state index contributed by atoms with van der Waals surface area (Å²) in [6.07, 6.45) is 0.0737. The maximum Gasteiger partial charge on any atom is 0.265 e. The Labute approximate surface area is 148 Å². The highest BCUT2D eigenvalue weighted by atomic mass is 16.5. The van der Waals surface area contributed by atoms with Crippen molar-refractivity contribution in [1.29, 1.82) is 0 Å². The van der Waals surface area contributed by atoms with Crippen LogP contribution in [0, 0.1) is 13.8 Å². The molecule has 1 atom stereocenters. The third kappa shape index (κ3) is 3.82. The van der Waals surface area contributed by atoms with Gasteiger partial charge < -0.3 is 10.1 Å². The Morgan fingerprint density at radius 1 is 1.04 bits per heavy atom. The van der Waals surface area contributed by atoms with Crippen molar-refractivity contribution in [3.05, 3.63) is 71.8 Å². The minimum absolute atomic E-state index is 0.126. The lowest BCUT2D eigenvalue weighted by Gasteiger charge is -2.19. The van der Waals surface area contributed by atoms with E-state index in [9.17, 15) is 4.79 Å². The highest BCUT2D eigenvalue weighted by molar-refractivity contribution is 6.03. The molecule has 1 amide bonds. The monoisotopic (exact) mass is 333 g/mol. The molecule has 25 heavy (non-hydrogen) atoms. The zero-order chi connectivity index (χ0) is 17.8. The van der Waals surface area contributed by atoms with Crippen molar-refractivity contribution in [1.82, 2.24) is 0 Å². The molecule has 0 spiro atoms. The number of nitrogens with one attached hydrogen (secondary N) is 1. The van der Waals surface area contributed by atoms with Crippen LogP contribution in [0.25, 0.3) is 10.8 Å². The normalized spacial score (nSPS) is 12.0. The number of carbonyl (C=O) groups excluding carboxylic acids is 1. The number of fused-ring (bicyclic) bond motifs is 1. The Balaban J connectivity index is 1.80. The van der Waals surface area contributed by atoms with E-state index < -0.39 is 6.10 Å². The van der Waals surface area contributed by atoms with E-state index in [0.717, 1.165) is 27.8 Å². The van der Waals surface area contributed by atoms with E-state index in [-0.39, 0.29) is 5.91 Å². The molecule has 3 aromatic rings. The number of amides is 1. The SMILES string of the molecule is CC[C@@H](Oc1ccc(C)cc1C)C(=O)Nc1cccc2ccccc12. The first-order valence-corrected chi connectivity index (χ1v) is 8.61. The molecule has 0 fully saturated rings. The van der Waals surface area contributed by atoms with Crippen LogP contribution in [0.15, 0.2) is 60.7 Å². The lowest BCUT2D eigenvalue weighted by Crippen LogP contribution is -2.32. The van der Waals surface area contributed by atoms with E-state index in [1.165, 1.54) is 5.56 Å². The lowest BCUT2D eigenvalue weighted by molar-refractivity contribution is -0.122. The molecule has 3 nitrogen and oxygen atoms in total. The largest absolute Gasteiger partial charge is 0.480 e. The van der Waals surface area contributed by atoms with Gasteiger partial charge in [-0.25, -0.2) is 0 Å². The summed E-state index contributed by atoms with van der Waals surface area (Å²) in [4.78, 5) is 12.7. The standard InChI is InChI=1S/C22H23NO2/c1-4-20(25-21-13-12-15(2)14-16(21)3)22(24)23-19-11-7-9-17-8-5-6-10-18(17)19/h5-14,20H,4H2,1-3H3,(H,23,24)/t20-/m1/s1. The summed E-state index contributed by atoms with van der Waals surface area (Å²) in [5.74, 6) is 0.629. The van der Waals surface area contributed by atoms with Gasteiger partial charge in [0.05, 0.1) is 0 Å². The predicted molar refractivity (Wildman–Crippen MR) is 103 cm³/mol. The van der Waals surface area contributed by atoms with Crippen molar-refractivity contribution < 1.29 is 9.53 Å². The zero-order valence-corrected chi connectivity index (χ0v) is 14.9. The van der Waals surface area contributed by atoms with Crippen molar-refractivity contribution in [2.24, 2.45) is 0 Å². The number of carbonyl (C=O) groups is 1. The Kier molecular flexibility index (Phi) is 5.03. The van der Waals surface area contributed by atoms with E-state index in [1.807, 2.05) is 75.4 Å². The summed E-state index contributed by atoms with van der Waals surface area (Å²) >= 11 is 0. The highest BCUT2D eigenvalue weighted by Crippen LogP contribution is 2.25. The van der Waals surface area contributed by atoms with Gasteiger partial charge in [-0.2, -0.15) is 0 Å². The van der Waals surface area contributed by atoms with Crippen LogP contribution in [-0.4, -0.2) is 12.0 Å². The second-order valence-corrected chi connectivity index (χ2v) is 6.30. The van der Waals surface area contributed by atoms with Gasteiger partial charge >= 0.3 is 0 Å². The van der Waals surface area contributed by atoms with Gasteiger partial charge in [-0.05, 0) is 43.4 Å². The number of hydrogen-bond acceptors (Lipinski definition) is 2. The maximum absolute atomic E-state index is 12.7. The number of benzene rings is 3. The Hall–Kier alpha value is -2.81. The van der Waals surface area contributed by atoms with Crippen LogP contribution in [0.4, 0.5) is 5.69 Å². The molecule has 3 rings (SSSR count). The molecule has 1 N–H and O–H groups in total. The fourth-order valence-electron chi connectivity index (χ4n) is 2.95. The molecule has 0 heterocycles. The fourth-order valence-corrected chi connectivity index (χ4v) is 2.95. The van der Waals surface area contributed by atoms with Crippen molar-refractivity contribution in [2.75, 3.05) is 5.32 Å². The summed E-state index contributed by atoms with van der Waals surface area (Å²) in [6.45, 7) is 6.00. The van der Waals surface area contributed by atoms with Gasteiger partial charge in [-0.3, -0.25) is 4.79 Å². The Morgan fingerprint density at radius 3 is 2.56 bits per heavy atom. The molecule has 0 aliphatic carbocycles. The molecule has 0 aromatic heterocycles. The minimum Gasteiger partial charge on any atom is -0.480 e. The second kappa shape index (κ2) is 7.39. The summed E-state index contributed by atoms with van der Waals surface area (Å²) in [5, 5.41) is 5.15. The van der Waals surface area contributed by atoms with Crippen LogP contribution in [0.1, 0.15) is 24.5 Å². The number of ether oxygens (including phenoxy) is 1. The van der Waals surface area contributed by atoms with Crippen molar-refractivity contribution in [3.8, 4) is 5.75 Å². The quantitative estimate of drug-likeness (QED) is 0.692. The summed E-state index contributed by atoms with van der Waals surface area (Å²) in [6, 6.07) is 19.9. The van der Waals surface area contributed by atoms with E-state index in [1.54, 1.807) is 0 Å². The number of rotatable bonds is 5. The molecule has 128 valence electrons. The van der Waals surface area contributed by atoms with Crippen LogP contribution in [0.3, 0.4) is 0 Å². The molecule has 0 saturated heterocycles. The lowest BCUT2D eigenvalue weighted by atomic mass is 10.1. The highest BCUT2D eigenvalue weighted by Gasteiger charge is 2.20. The smallest absolute Gasteiger partial charge is 0.265 e. The number of aryl methyl sites for hydroxylation is 2. The first-order valence-electron chi connectivity index (χ1n) is 8.61. The van der Waals surface area contributed by atoms with Gasteiger partial charge in [0, 0.05) is 11.1 Å². The fraction of sp³-hybridized carbons (Fsp3) is 0.227. The average Bonchev–Trinajstić information content (AvgIpc) is 2.61. The van der Waals surface area contributed by atoms with Gasteiger partial charge in [-0.15, -0.1) is 0 Å². The first-order chi connectivity index (χ1) is 12.1. The first kappa shape index (κ1) is 17.0. The average molecular weight is 333 g/mol. The van der Waals surface area contributed by atoms with Gasteiger partial charge in [0.15, 0.2) is 6.10 Å². The third-order valence-electron chi connectivity index (χ3n) is 4.31. The number of hydrogen-bond donors (Lipinski definition) is 1. The summed E-state index contributed by atoms with van der Waals surface area (Å²) in [7, 11) is 0. The molecule has 3 heteroatoms. The molecule has 0 bridgehead atoms. The van der Waals surface area contributed by atoms with Crippen LogP contribution in [0.5, 0.6) is 5.75 Å². The molecule has 0 aliphatic rings. The Bertz CT molecular complexity index is 896. The van der Waals surface area contributed by atoms with E-state index in [2.05, 4.69) is 11.4 Å². The van der Waals surface area contributed by atoms with E-state index >= 15 is 0 Å². The topological polar surface area (TPSA) is 38.3 Å². The van der Waals surface area contributed by atoms with Crippen LogP contribution in [0.2, 0.25) is 0 Å². The Morgan fingerprint density at radius 2 is 1.80 bits per heavy atom. The van der Waals surface area contributed by atoms with Gasteiger partial charge in [0.1, 0.15) is 5.75 Å². The second-order valence-electron chi connectivity index (χ2n) is 6.30.